The van der Waals surface area contributed by atoms with E-state index >= 15 is 0 Å². The average molecular weight is 329 g/mol. The van der Waals surface area contributed by atoms with Gasteiger partial charge >= 0.3 is 0 Å². The third kappa shape index (κ3) is 3.36. The van der Waals surface area contributed by atoms with Gasteiger partial charge < -0.3 is 5.73 Å². The lowest BCUT2D eigenvalue weighted by Crippen LogP contribution is -2.56. The third-order valence-electron chi connectivity index (χ3n) is 4.28. The fraction of sp³-hybridized carbons (Fsp3) is 0.600. The van der Waals surface area contributed by atoms with Crippen LogP contribution in [0.1, 0.15) is 32.3 Å². The summed E-state index contributed by atoms with van der Waals surface area (Å²) in [7, 11) is 0. The summed E-state index contributed by atoms with van der Waals surface area (Å²) in [4.78, 5) is 2.42. The summed E-state index contributed by atoms with van der Waals surface area (Å²) in [5, 5.41) is 0. The molecule has 19 heavy (non-hydrogen) atoms. The van der Waals surface area contributed by atoms with Gasteiger partial charge in [0.25, 0.3) is 0 Å². The number of hydrogen-bond donors (Lipinski definition) is 1. The van der Waals surface area contributed by atoms with E-state index in [2.05, 4.69) is 34.7 Å². The van der Waals surface area contributed by atoms with Crippen LogP contribution in [-0.4, -0.2) is 29.6 Å². The van der Waals surface area contributed by atoms with Gasteiger partial charge in [-0.05, 0) is 70.0 Å². The highest BCUT2D eigenvalue weighted by Crippen LogP contribution is 2.26. The summed E-state index contributed by atoms with van der Waals surface area (Å²) >= 11 is 3.39. The van der Waals surface area contributed by atoms with Gasteiger partial charge in [0.2, 0.25) is 0 Å². The maximum atomic E-state index is 13.8. The topological polar surface area (TPSA) is 29.3 Å². The first-order valence-electron chi connectivity index (χ1n) is 6.86. The van der Waals surface area contributed by atoms with Gasteiger partial charge in [-0.25, -0.2) is 4.39 Å². The van der Waals surface area contributed by atoms with E-state index in [1.165, 1.54) is 18.9 Å². The van der Waals surface area contributed by atoms with Crippen LogP contribution in [-0.2, 0) is 6.42 Å². The minimum atomic E-state index is -0.170. The highest BCUT2D eigenvalue weighted by atomic mass is 79.9. The van der Waals surface area contributed by atoms with E-state index in [-0.39, 0.29) is 17.4 Å². The van der Waals surface area contributed by atoms with Crippen LogP contribution in [0.5, 0.6) is 0 Å². The van der Waals surface area contributed by atoms with Crippen molar-refractivity contribution in [1.82, 2.24) is 4.90 Å². The van der Waals surface area contributed by atoms with Gasteiger partial charge in [-0.15, -0.1) is 0 Å². The van der Waals surface area contributed by atoms with Crippen LogP contribution < -0.4 is 5.73 Å². The first-order chi connectivity index (χ1) is 8.91. The quantitative estimate of drug-likeness (QED) is 0.918. The molecule has 2 nitrogen and oxygen atoms in total. The van der Waals surface area contributed by atoms with Crippen molar-refractivity contribution < 1.29 is 4.39 Å². The lowest BCUT2D eigenvalue weighted by atomic mass is 9.88. The Kier molecular flexibility index (Phi) is 4.64. The van der Waals surface area contributed by atoms with E-state index in [1.54, 1.807) is 6.07 Å². The Labute approximate surface area is 123 Å². The molecule has 1 atom stereocenters. The van der Waals surface area contributed by atoms with Gasteiger partial charge in [0, 0.05) is 16.1 Å². The van der Waals surface area contributed by atoms with Crippen LogP contribution in [0.4, 0.5) is 4.39 Å². The molecule has 0 bridgehead atoms. The second-order valence-electron chi connectivity index (χ2n) is 5.89. The normalized spacial score (nSPS) is 18.8. The molecule has 1 aromatic carbocycles. The number of likely N-dealkylation sites (tertiary alicyclic amines) is 1. The van der Waals surface area contributed by atoms with Crippen molar-refractivity contribution in [2.45, 2.75) is 44.7 Å². The van der Waals surface area contributed by atoms with Crippen molar-refractivity contribution in [2.24, 2.45) is 5.73 Å². The zero-order valence-electron chi connectivity index (χ0n) is 11.6. The zero-order chi connectivity index (χ0) is 14.0. The molecule has 106 valence electrons. The first-order valence-corrected chi connectivity index (χ1v) is 7.65. The third-order valence-corrected chi connectivity index (χ3v) is 4.77. The van der Waals surface area contributed by atoms with Crippen LogP contribution in [0.25, 0.3) is 0 Å². The van der Waals surface area contributed by atoms with Gasteiger partial charge in [-0.2, -0.15) is 0 Å². The molecule has 0 radical (unpaired) electrons. The molecule has 0 saturated carbocycles. The van der Waals surface area contributed by atoms with E-state index in [1.807, 2.05) is 6.07 Å². The SMILES string of the molecule is CC(C)(C(N)Cc1cc(Br)ccc1F)N1CCCC1. The minimum absolute atomic E-state index is 0.0746. The van der Waals surface area contributed by atoms with Crippen LogP contribution in [0, 0.1) is 5.82 Å². The fourth-order valence-electron chi connectivity index (χ4n) is 2.71. The molecule has 4 heteroatoms. The van der Waals surface area contributed by atoms with Crippen molar-refractivity contribution in [3.05, 3.63) is 34.1 Å². The molecular weight excluding hydrogens is 307 g/mol. The number of hydrogen-bond acceptors (Lipinski definition) is 2. The molecule has 0 aliphatic carbocycles. The van der Waals surface area contributed by atoms with E-state index in [9.17, 15) is 4.39 Å². The van der Waals surface area contributed by atoms with E-state index < -0.39 is 0 Å². The number of halogens is 2. The molecule has 1 saturated heterocycles. The summed E-state index contributed by atoms with van der Waals surface area (Å²) in [5.74, 6) is -0.170. The van der Waals surface area contributed by atoms with Crippen molar-refractivity contribution in [3.8, 4) is 0 Å². The Morgan fingerprint density at radius 3 is 2.63 bits per heavy atom. The Hall–Kier alpha value is -0.450. The molecule has 1 aliphatic heterocycles. The molecule has 1 fully saturated rings. The fourth-order valence-corrected chi connectivity index (χ4v) is 3.12. The van der Waals surface area contributed by atoms with Crippen LogP contribution in [0.3, 0.4) is 0 Å². The number of nitrogens with zero attached hydrogens (tertiary/aromatic N) is 1. The van der Waals surface area contributed by atoms with Gasteiger partial charge in [0.15, 0.2) is 0 Å². The number of nitrogens with two attached hydrogens (primary N) is 1. The smallest absolute Gasteiger partial charge is 0.126 e. The number of rotatable bonds is 4. The Morgan fingerprint density at radius 1 is 1.37 bits per heavy atom. The highest BCUT2D eigenvalue weighted by molar-refractivity contribution is 9.10. The first kappa shape index (κ1) is 14.9. The predicted octanol–water partition coefficient (Wildman–Crippen LogP) is 3.33. The lowest BCUT2D eigenvalue weighted by molar-refractivity contribution is 0.123. The van der Waals surface area contributed by atoms with Crippen molar-refractivity contribution in [2.75, 3.05) is 13.1 Å². The maximum Gasteiger partial charge on any atom is 0.126 e. The Morgan fingerprint density at radius 2 is 2.00 bits per heavy atom. The van der Waals surface area contributed by atoms with Crippen molar-refractivity contribution >= 4 is 15.9 Å². The molecule has 1 unspecified atom stereocenters. The van der Waals surface area contributed by atoms with E-state index in [0.717, 1.165) is 17.6 Å². The predicted molar refractivity (Wildman–Crippen MR) is 80.7 cm³/mol. The summed E-state index contributed by atoms with van der Waals surface area (Å²) in [6.07, 6.45) is 3.04. The molecule has 1 heterocycles. The van der Waals surface area contributed by atoms with Crippen molar-refractivity contribution in [1.29, 1.82) is 0 Å². The van der Waals surface area contributed by atoms with Crippen LogP contribution in [0.2, 0.25) is 0 Å². The van der Waals surface area contributed by atoms with Gasteiger partial charge in [0.05, 0.1) is 0 Å². The molecule has 2 rings (SSSR count). The minimum Gasteiger partial charge on any atom is -0.326 e. The van der Waals surface area contributed by atoms with E-state index in [0.29, 0.717) is 12.0 Å². The highest BCUT2D eigenvalue weighted by Gasteiger charge is 2.34. The average Bonchev–Trinajstić information content (AvgIpc) is 2.88. The standard InChI is InChI=1S/C15H22BrFN2/c1-15(2,19-7-3-4-8-19)14(18)10-11-9-12(16)5-6-13(11)17/h5-6,9,14H,3-4,7-8,10,18H2,1-2H3. The Balaban J connectivity index is 2.11. The second kappa shape index (κ2) is 5.90. The molecule has 1 aromatic rings. The molecule has 2 N–H and O–H groups in total. The summed E-state index contributed by atoms with van der Waals surface area (Å²) in [5.41, 5.74) is 6.96. The molecule has 0 spiro atoms. The Bertz CT molecular complexity index is 442. The summed E-state index contributed by atoms with van der Waals surface area (Å²) in [6, 6.07) is 4.97. The number of benzene rings is 1. The molecule has 1 aliphatic rings. The lowest BCUT2D eigenvalue weighted by Gasteiger charge is -2.40. The molecule has 0 amide bonds. The van der Waals surface area contributed by atoms with Gasteiger partial charge in [0.1, 0.15) is 5.82 Å². The largest absolute Gasteiger partial charge is 0.326 e. The maximum absolute atomic E-state index is 13.8. The van der Waals surface area contributed by atoms with E-state index in [4.69, 9.17) is 5.73 Å². The van der Waals surface area contributed by atoms with Crippen LogP contribution >= 0.6 is 15.9 Å². The van der Waals surface area contributed by atoms with Gasteiger partial charge in [-0.3, -0.25) is 4.90 Å². The van der Waals surface area contributed by atoms with Crippen molar-refractivity contribution in [3.63, 3.8) is 0 Å². The summed E-state index contributed by atoms with van der Waals surface area (Å²) in [6.45, 7) is 6.53. The van der Waals surface area contributed by atoms with Crippen LogP contribution in [0.15, 0.2) is 22.7 Å². The summed E-state index contributed by atoms with van der Waals surface area (Å²) < 4.78 is 14.7. The zero-order valence-corrected chi connectivity index (χ0v) is 13.2. The second-order valence-corrected chi connectivity index (χ2v) is 6.81. The van der Waals surface area contributed by atoms with Gasteiger partial charge in [-0.1, -0.05) is 15.9 Å². The molecule has 0 aromatic heterocycles. The monoisotopic (exact) mass is 328 g/mol. The molecular formula is C15H22BrFN2.